The first-order chi connectivity index (χ1) is 15.9. The molecule has 7 heteroatoms. The first-order valence-electron chi connectivity index (χ1n) is 10.6. The summed E-state index contributed by atoms with van der Waals surface area (Å²) in [7, 11) is 0. The average Bonchev–Trinajstić information content (AvgIpc) is 2.78. The Labute approximate surface area is 191 Å². The molecule has 2 aromatic carbocycles. The summed E-state index contributed by atoms with van der Waals surface area (Å²) < 4.78 is 13.0. The lowest BCUT2D eigenvalue weighted by Gasteiger charge is -2.13. The highest BCUT2D eigenvalue weighted by Gasteiger charge is 2.09. The van der Waals surface area contributed by atoms with Gasteiger partial charge in [-0.2, -0.15) is 0 Å². The fourth-order valence-electron chi connectivity index (χ4n) is 3.37. The molecule has 0 spiro atoms. The van der Waals surface area contributed by atoms with Crippen molar-refractivity contribution in [2.75, 3.05) is 11.9 Å². The summed E-state index contributed by atoms with van der Waals surface area (Å²) in [5.41, 5.74) is 4.43. The largest absolute Gasteiger partial charge is 0.487 e. The number of para-hydroxylation sites is 1. The van der Waals surface area contributed by atoms with E-state index < -0.39 is 0 Å². The number of pyridine rings is 1. The Morgan fingerprint density at radius 3 is 2.55 bits per heavy atom. The van der Waals surface area contributed by atoms with Crippen LogP contribution in [0.4, 0.5) is 5.69 Å². The zero-order valence-corrected chi connectivity index (χ0v) is 18.8. The summed E-state index contributed by atoms with van der Waals surface area (Å²) in [4.78, 5) is 29.2. The predicted octanol–water partition coefficient (Wildman–Crippen LogP) is 4.22. The van der Waals surface area contributed by atoms with Gasteiger partial charge in [-0.3, -0.25) is 14.0 Å². The zero-order chi connectivity index (χ0) is 23.4. The molecule has 2 heterocycles. The third-order valence-electron chi connectivity index (χ3n) is 5.18. The molecule has 1 N–H and O–H groups in total. The number of hydrogen-bond donors (Lipinski definition) is 1. The van der Waals surface area contributed by atoms with Gasteiger partial charge in [0, 0.05) is 24.0 Å². The molecular formula is C26H25N3O4. The topological polar surface area (TPSA) is 81.9 Å². The van der Waals surface area contributed by atoms with Gasteiger partial charge in [-0.05, 0) is 61.7 Å². The molecule has 0 saturated carbocycles. The fourth-order valence-corrected chi connectivity index (χ4v) is 3.37. The molecule has 0 atom stereocenters. The number of carbonyl (C=O) groups excluding carboxylic acids is 1. The summed E-state index contributed by atoms with van der Waals surface area (Å²) in [5.74, 6) is 1.00. The van der Waals surface area contributed by atoms with Crippen molar-refractivity contribution in [1.29, 1.82) is 0 Å². The second kappa shape index (κ2) is 9.56. The van der Waals surface area contributed by atoms with E-state index >= 15 is 0 Å². The Morgan fingerprint density at radius 1 is 0.939 bits per heavy atom. The van der Waals surface area contributed by atoms with Crippen molar-refractivity contribution < 1.29 is 14.3 Å². The third-order valence-corrected chi connectivity index (χ3v) is 5.18. The van der Waals surface area contributed by atoms with E-state index in [1.165, 1.54) is 10.5 Å². The van der Waals surface area contributed by atoms with Crippen LogP contribution in [0.3, 0.4) is 0 Å². The molecular weight excluding hydrogens is 418 g/mol. The Morgan fingerprint density at radius 2 is 1.73 bits per heavy atom. The van der Waals surface area contributed by atoms with Crippen LogP contribution in [0.1, 0.15) is 22.4 Å². The van der Waals surface area contributed by atoms with Crippen molar-refractivity contribution in [2.24, 2.45) is 0 Å². The van der Waals surface area contributed by atoms with Gasteiger partial charge in [0.1, 0.15) is 23.8 Å². The minimum Gasteiger partial charge on any atom is -0.487 e. The van der Waals surface area contributed by atoms with Crippen LogP contribution in [0, 0.1) is 20.8 Å². The molecule has 0 aliphatic carbocycles. The molecule has 4 rings (SSSR count). The maximum Gasteiger partial charge on any atom is 0.262 e. The SMILES string of the molecule is Cc1ccn2c(=O)cc(COc3cc(NC(=O)COc4ccccc4C)ccc3C)nc2c1. The molecule has 0 unspecified atom stereocenters. The Hall–Kier alpha value is -4.13. The first kappa shape index (κ1) is 22.1. The van der Waals surface area contributed by atoms with Gasteiger partial charge in [0.2, 0.25) is 0 Å². The van der Waals surface area contributed by atoms with Gasteiger partial charge in [0.25, 0.3) is 11.5 Å². The normalized spacial score (nSPS) is 10.8. The molecule has 0 aliphatic heterocycles. The van der Waals surface area contributed by atoms with Crippen LogP contribution in [-0.2, 0) is 11.4 Å². The first-order valence-corrected chi connectivity index (χ1v) is 10.6. The van der Waals surface area contributed by atoms with Gasteiger partial charge >= 0.3 is 0 Å². The lowest BCUT2D eigenvalue weighted by Crippen LogP contribution is -2.20. The standard InChI is InChI=1S/C26H25N3O4/c1-17-10-11-29-24(12-17)27-21(14-26(29)31)15-32-23-13-20(9-8-19(23)3)28-25(30)16-33-22-7-5-4-6-18(22)2/h4-14H,15-16H2,1-3H3,(H,28,30). The van der Waals surface area contributed by atoms with Crippen LogP contribution >= 0.6 is 0 Å². The number of fused-ring (bicyclic) bond motifs is 1. The number of aryl methyl sites for hydroxylation is 3. The number of ether oxygens (including phenoxy) is 2. The monoisotopic (exact) mass is 443 g/mol. The number of benzene rings is 2. The number of carbonyl (C=O) groups is 1. The van der Waals surface area contributed by atoms with E-state index in [9.17, 15) is 9.59 Å². The highest BCUT2D eigenvalue weighted by molar-refractivity contribution is 5.92. The summed E-state index contributed by atoms with van der Waals surface area (Å²) in [6.07, 6.45) is 1.71. The van der Waals surface area contributed by atoms with Crippen molar-refractivity contribution in [1.82, 2.24) is 9.38 Å². The van der Waals surface area contributed by atoms with Gasteiger partial charge in [-0.15, -0.1) is 0 Å². The van der Waals surface area contributed by atoms with Crippen LogP contribution in [0.5, 0.6) is 11.5 Å². The van der Waals surface area contributed by atoms with E-state index in [2.05, 4.69) is 10.3 Å². The number of anilines is 1. The maximum atomic E-state index is 12.4. The fraction of sp³-hybridized carbons (Fsp3) is 0.192. The predicted molar refractivity (Wildman–Crippen MR) is 127 cm³/mol. The van der Waals surface area contributed by atoms with Gasteiger partial charge in [0.05, 0.1) is 5.69 Å². The van der Waals surface area contributed by atoms with E-state index in [-0.39, 0.29) is 24.7 Å². The quantitative estimate of drug-likeness (QED) is 0.463. The van der Waals surface area contributed by atoms with Crippen LogP contribution in [0.15, 0.2) is 71.7 Å². The van der Waals surface area contributed by atoms with Crippen molar-refractivity contribution in [3.05, 3.63) is 99.6 Å². The average molecular weight is 444 g/mol. The zero-order valence-electron chi connectivity index (χ0n) is 18.8. The summed E-state index contributed by atoms with van der Waals surface area (Å²) in [6.45, 7) is 5.82. The second-order valence-electron chi connectivity index (χ2n) is 7.89. The Balaban J connectivity index is 1.42. The van der Waals surface area contributed by atoms with Gasteiger partial charge < -0.3 is 14.8 Å². The maximum absolute atomic E-state index is 12.4. The second-order valence-corrected chi connectivity index (χ2v) is 7.89. The van der Waals surface area contributed by atoms with Crippen molar-refractivity contribution in [3.8, 4) is 11.5 Å². The number of rotatable bonds is 7. The lowest BCUT2D eigenvalue weighted by molar-refractivity contribution is -0.118. The van der Waals surface area contributed by atoms with Crippen LogP contribution in [-0.4, -0.2) is 21.9 Å². The molecule has 0 fully saturated rings. The van der Waals surface area contributed by atoms with Gasteiger partial charge in [-0.25, -0.2) is 4.98 Å². The molecule has 0 bridgehead atoms. The smallest absolute Gasteiger partial charge is 0.262 e. The highest BCUT2D eigenvalue weighted by atomic mass is 16.5. The molecule has 0 aliphatic rings. The molecule has 0 saturated heterocycles. The minimum absolute atomic E-state index is 0.0979. The molecule has 7 nitrogen and oxygen atoms in total. The number of amides is 1. The van der Waals surface area contributed by atoms with E-state index in [1.54, 1.807) is 18.3 Å². The van der Waals surface area contributed by atoms with Gasteiger partial charge in [-0.1, -0.05) is 24.3 Å². The highest BCUT2D eigenvalue weighted by Crippen LogP contribution is 2.24. The molecule has 168 valence electrons. The Kier molecular flexibility index (Phi) is 6.40. The van der Waals surface area contributed by atoms with E-state index in [0.29, 0.717) is 28.5 Å². The van der Waals surface area contributed by atoms with Crippen LogP contribution < -0.4 is 20.3 Å². The third kappa shape index (κ3) is 5.38. The summed E-state index contributed by atoms with van der Waals surface area (Å²) in [6, 6.07) is 18.1. The number of hydrogen-bond acceptors (Lipinski definition) is 5. The van der Waals surface area contributed by atoms with E-state index in [0.717, 1.165) is 16.7 Å². The number of nitrogens with zero attached hydrogens (tertiary/aromatic N) is 2. The van der Waals surface area contributed by atoms with E-state index in [4.69, 9.17) is 9.47 Å². The molecule has 4 aromatic rings. The lowest BCUT2D eigenvalue weighted by atomic mass is 10.2. The van der Waals surface area contributed by atoms with E-state index in [1.807, 2.05) is 63.2 Å². The summed E-state index contributed by atoms with van der Waals surface area (Å²) in [5, 5.41) is 2.82. The molecule has 33 heavy (non-hydrogen) atoms. The van der Waals surface area contributed by atoms with Crippen molar-refractivity contribution >= 4 is 17.2 Å². The number of aromatic nitrogens is 2. The Bertz CT molecular complexity index is 1380. The number of nitrogens with one attached hydrogen (secondary N) is 1. The van der Waals surface area contributed by atoms with Crippen molar-refractivity contribution in [2.45, 2.75) is 27.4 Å². The van der Waals surface area contributed by atoms with Crippen LogP contribution in [0.25, 0.3) is 5.65 Å². The molecule has 0 radical (unpaired) electrons. The molecule has 2 aromatic heterocycles. The van der Waals surface area contributed by atoms with Gasteiger partial charge in [0.15, 0.2) is 6.61 Å². The summed E-state index contributed by atoms with van der Waals surface area (Å²) >= 11 is 0. The minimum atomic E-state index is -0.271. The van der Waals surface area contributed by atoms with Crippen molar-refractivity contribution in [3.63, 3.8) is 0 Å². The van der Waals surface area contributed by atoms with Crippen LogP contribution in [0.2, 0.25) is 0 Å². The molecule has 1 amide bonds.